The van der Waals surface area contributed by atoms with Crippen molar-refractivity contribution in [2.75, 3.05) is 0 Å². The van der Waals surface area contributed by atoms with E-state index in [0.29, 0.717) is 0 Å². The molecule has 1 aliphatic rings. The van der Waals surface area contributed by atoms with Crippen molar-refractivity contribution in [2.24, 2.45) is 0 Å². The lowest BCUT2D eigenvalue weighted by Gasteiger charge is -2.14. The Hall–Kier alpha value is 0.270. The van der Waals surface area contributed by atoms with Crippen LogP contribution >= 0.6 is 16.5 Å². The Morgan fingerprint density at radius 3 is 2.00 bits per heavy atom. The first-order valence-electron chi connectivity index (χ1n) is 1.91. The van der Waals surface area contributed by atoms with E-state index in [4.69, 9.17) is 0 Å². The van der Waals surface area contributed by atoms with E-state index in [-0.39, 0.29) is 0 Å². The molecule has 2 unspecified atom stereocenters. The van der Waals surface area contributed by atoms with Crippen LogP contribution in [0.5, 0.6) is 0 Å². The average Bonchev–Trinajstić information content (AvgIpc) is 1.59. The highest BCUT2D eigenvalue weighted by Crippen LogP contribution is 2.47. The van der Waals surface area contributed by atoms with E-state index in [1.165, 1.54) is 0 Å². The van der Waals surface area contributed by atoms with E-state index < -0.39 is 23.1 Å². The van der Waals surface area contributed by atoms with E-state index >= 15 is 0 Å². The lowest BCUT2D eigenvalue weighted by atomic mass is 11.4. The van der Waals surface area contributed by atoms with Crippen LogP contribution in [0.4, 0.5) is 4.39 Å². The summed E-state index contributed by atoms with van der Waals surface area (Å²) in [6.07, 6.45) is 0. The van der Waals surface area contributed by atoms with Gasteiger partial charge in [0.25, 0.3) is 0 Å². The highest BCUT2D eigenvalue weighted by molar-refractivity contribution is 7.48. The molecule has 0 bridgehead atoms. The molecule has 0 spiro atoms. The number of rotatable bonds is 0. The Labute approximate surface area is 51.0 Å². The highest BCUT2D eigenvalue weighted by Gasteiger charge is 2.23. The van der Waals surface area contributed by atoms with Gasteiger partial charge in [0.05, 0.1) is 0 Å². The molecule has 1 fully saturated rings. The Morgan fingerprint density at radius 2 is 1.67 bits per heavy atom. The van der Waals surface area contributed by atoms with Gasteiger partial charge in [0.1, 0.15) is 0 Å². The second-order valence-corrected chi connectivity index (χ2v) is 3.40. The lowest BCUT2D eigenvalue weighted by molar-refractivity contribution is -0.111. The maximum atomic E-state index is 11.8. The number of alkyl halides is 1. The summed E-state index contributed by atoms with van der Waals surface area (Å²) >= 11 is 0. The monoisotopic (exact) mass is 176 g/mol. The fourth-order valence-corrected chi connectivity index (χ4v) is 1.72. The van der Waals surface area contributed by atoms with Crippen LogP contribution in [0.15, 0.2) is 0 Å². The summed E-state index contributed by atoms with van der Waals surface area (Å²) < 4.78 is 43.7. The Morgan fingerprint density at radius 1 is 1.22 bits per heavy atom. The average molecular weight is 176 g/mol. The number of hydrogen-bond acceptors (Lipinski definition) is 5. The van der Waals surface area contributed by atoms with Crippen molar-refractivity contribution in [1.82, 2.24) is 0 Å². The molecule has 8 heteroatoms. The van der Waals surface area contributed by atoms with Gasteiger partial charge in [0, 0.05) is 0 Å². The maximum Gasteiger partial charge on any atom is 0.330 e. The van der Waals surface area contributed by atoms with Crippen molar-refractivity contribution in [1.29, 1.82) is 0 Å². The third kappa shape index (κ3) is 2.16. The standard InChI is InChI=1S/CH3FO5P2/c2-1-5-8(3)7-9(4)6-1/h1,8-9H. The maximum absolute atomic E-state index is 11.8. The molecule has 1 rings (SSSR count). The van der Waals surface area contributed by atoms with E-state index in [1.54, 1.807) is 0 Å². The normalized spacial score (nSPS) is 44.8. The van der Waals surface area contributed by atoms with Crippen LogP contribution in [0, 0.1) is 0 Å². The third-order valence-corrected chi connectivity index (χ3v) is 2.63. The molecular weight excluding hydrogens is 173 g/mol. The molecule has 9 heavy (non-hydrogen) atoms. The first kappa shape index (κ1) is 7.38. The predicted octanol–water partition coefficient (Wildman–Crippen LogP) is 1.08. The number of hydrogen-bond donors (Lipinski definition) is 0. The molecule has 0 N–H and O–H groups in total. The van der Waals surface area contributed by atoms with Crippen LogP contribution in [-0.4, -0.2) is 6.54 Å². The molecule has 1 heterocycles. The van der Waals surface area contributed by atoms with Gasteiger partial charge >= 0.3 is 23.1 Å². The third-order valence-electron chi connectivity index (χ3n) is 0.544. The summed E-state index contributed by atoms with van der Waals surface area (Å²) in [4.78, 5) is 0. The van der Waals surface area contributed by atoms with E-state index in [2.05, 4.69) is 13.4 Å². The van der Waals surface area contributed by atoms with E-state index in [0.717, 1.165) is 0 Å². The van der Waals surface area contributed by atoms with Gasteiger partial charge in [0.2, 0.25) is 0 Å². The molecule has 0 aliphatic carbocycles. The topological polar surface area (TPSA) is 61.8 Å². The predicted molar refractivity (Wildman–Crippen MR) is 26.2 cm³/mol. The van der Waals surface area contributed by atoms with Crippen molar-refractivity contribution in [3.63, 3.8) is 0 Å². The molecular formula is CH3FO5P2. The van der Waals surface area contributed by atoms with Gasteiger partial charge in [-0.15, -0.1) is 0 Å². The molecule has 0 aromatic carbocycles. The van der Waals surface area contributed by atoms with Crippen LogP contribution < -0.4 is 0 Å². The van der Waals surface area contributed by atoms with Crippen LogP contribution in [0.3, 0.4) is 0 Å². The smallest absolute Gasteiger partial charge is 0.263 e. The molecule has 5 nitrogen and oxygen atoms in total. The zero-order valence-corrected chi connectivity index (χ0v) is 6.00. The zero-order chi connectivity index (χ0) is 6.85. The number of halogens is 1. The Bertz CT molecular complexity index is 141. The second-order valence-electron chi connectivity index (χ2n) is 1.11. The molecule has 1 aliphatic heterocycles. The van der Waals surface area contributed by atoms with E-state index in [1.807, 2.05) is 0 Å². The minimum atomic E-state index is -2.91. The van der Waals surface area contributed by atoms with Crippen LogP contribution in [0.2, 0.25) is 0 Å². The molecule has 2 atom stereocenters. The molecule has 0 amide bonds. The fourth-order valence-electron chi connectivity index (χ4n) is 0.292. The quantitative estimate of drug-likeness (QED) is 0.516. The lowest BCUT2D eigenvalue weighted by Crippen LogP contribution is -2.05. The molecule has 1 saturated heterocycles. The van der Waals surface area contributed by atoms with Crippen LogP contribution in [0.25, 0.3) is 0 Å². The summed E-state index contributed by atoms with van der Waals surface area (Å²) in [5.41, 5.74) is 0. The summed E-state index contributed by atoms with van der Waals surface area (Å²) in [7, 11) is -5.82. The van der Waals surface area contributed by atoms with Crippen molar-refractivity contribution >= 4 is 16.5 Å². The van der Waals surface area contributed by atoms with Gasteiger partial charge in [-0.3, -0.25) is 9.13 Å². The molecule has 0 saturated carbocycles. The van der Waals surface area contributed by atoms with E-state index in [9.17, 15) is 13.5 Å². The molecule has 0 radical (unpaired) electrons. The summed E-state index contributed by atoms with van der Waals surface area (Å²) in [6, 6.07) is 0. The molecule has 0 aromatic rings. The van der Waals surface area contributed by atoms with Crippen molar-refractivity contribution in [3.8, 4) is 0 Å². The minimum Gasteiger partial charge on any atom is -0.263 e. The van der Waals surface area contributed by atoms with Crippen molar-refractivity contribution in [3.05, 3.63) is 0 Å². The minimum absolute atomic E-state index is 2.17. The van der Waals surface area contributed by atoms with Crippen molar-refractivity contribution in [2.45, 2.75) is 6.54 Å². The summed E-state index contributed by atoms with van der Waals surface area (Å²) in [5, 5.41) is 0. The van der Waals surface area contributed by atoms with Gasteiger partial charge in [0.15, 0.2) is 0 Å². The van der Waals surface area contributed by atoms with Crippen molar-refractivity contribution < 1.29 is 26.9 Å². The zero-order valence-electron chi connectivity index (χ0n) is 4.00. The van der Waals surface area contributed by atoms with Gasteiger partial charge in [-0.1, -0.05) is 0 Å². The fraction of sp³-hybridized carbons (Fsp3) is 1.00. The van der Waals surface area contributed by atoms with Gasteiger partial charge in [-0.25, -0.2) is 13.4 Å². The molecule has 54 valence electrons. The van der Waals surface area contributed by atoms with Gasteiger partial charge in [-0.05, 0) is 0 Å². The van der Waals surface area contributed by atoms with Gasteiger partial charge < -0.3 is 0 Å². The first-order chi connectivity index (χ1) is 4.18. The Kier molecular flexibility index (Phi) is 2.38. The highest BCUT2D eigenvalue weighted by atomic mass is 31.2. The van der Waals surface area contributed by atoms with Crippen LogP contribution in [0.1, 0.15) is 0 Å². The largest absolute Gasteiger partial charge is 0.330 e. The molecule has 0 aromatic heterocycles. The summed E-state index contributed by atoms with van der Waals surface area (Å²) in [6.45, 7) is -2.17. The Balaban J connectivity index is 2.53. The second kappa shape index (κ2) is 2.90. The van der Waals surface area contributed by atoms with Crippen LogP contribution in [-0.2, 0) is 22.5 Å². The SMILES string of the molecule is O=[PH]1OC(F)O[PH](=O)O1. The van der Waals surface area contributed by atoms with Gasteiger partial charge in [-0.2, -0.15) is 4.39 Å². The first-order valence-corrected chi connectivity index (χ1v) is 4.36. The summed E-state index contributed by atoms with van der Waals surface area (Å²) in [5.74, 6) is 0.